The molecule has 0 saturated carbocycles. The summed E-state index contributed by atoms with van der Waals surface area (Å²) in [5.41, 5.74) is 1.37. The standard InChI is InChI=1S/C18H21BrN2O4S/c1-14-3-9-17(10-4-14)26(23,24)21(13-18(22)20-11-12-25-2)16-7-5-15(19)6-8-16/h3-10H,11-13H2,1-2H3,(H,20,22). The average Bonchev–Trinajstić information content (AvgIpc) is 2.61. The molecular weight excluding hydrogens is 420 g/mol. The second kappa shape index (κ2) is 9.16. The van der Waals surface area contributed by atoms with Crippen molar-refractivity contribution in [3.05, 3.63) is 58.6 Å². The summed E-state index contributed by atoms with van der Waals surface area (Å²) >= 11 is 3.33. The van der Waals surface area contributed by atoms with Gasteiger partial charge in [0.2, 0.25) is 5.91 Å². The maximum Gasteiger partial charge on any atom is 0.264 e. The lowest BCUT2D eigenvalue weighted by atomic mass is 10.2. The third-order valence-electron chi connectivity index (χ3n) is 3.64. The fourth-order valence-electron chi connectivity index (χ4n) is 2.24. The van der Waals surface area contributed by atoms with Crippen LogP contribution < -0.4 is 9.62 Å². The van der Waals surface area contributed by atoms with E-state index in [1.165, 1.54) is 7.11 Å². The summed E-state index contributed by atoms with van der Waals surface area (Å²) in [7, 11) is -2.35. The van der Waals surface area contributed by atoms with E-state index in [2.05, 4.69) is 21.2 Å². The number of rotatable bonds is 8. The minimum absolute atomic E-state index is 0.135. The minimum atomic E-state index is -3.88. The fourth-order valence-corrected chi connectivity index (χ4v) is 3.92. The second-order valence-corrected chi connectivity index (χ2v) is 8.42. The number of amides is 1. The maximum absolute atomic E-state index is 13.1. The Balaban J connectivity index is 2.34. The van der Waals surface area contributed by atoms with Crippen LogP contribution in [0.15, 0.2) is 57.9 Å². The van der Waals surface area contributed by atoms with Gasteiger partial charge in [-0.15, -0.1) is 0 Å². The first-order valence-electron chi connectivity index (χ1n) is 7.95. The van der Waals surface area contributed by atoms with Crippen molar-refractivity contribution < 1.29 is 17.9 Å². The summed E-state index contributed by atoms with van der Waals surface area (Å²) in [6.07, 6.45) is 0. The number of methoxy groups -OCH3 is 1. The number of benzene rings is 2. The van der Waals surface area contributed by atoms with Crippen LogP contribution in [0.25, 0.3) is 0 Å². The van der Waals surface area contributed by atoms with Gasteiger partial charge in [-0.1, -0.05) is 33.6 Å². The predicted octanol–water partition coefficient (Wildman–Crippen LogP) is 2.72. The summed E-state index contributed by atoms with van der Waals surface area (Å²) in [5.74, 6) is -0.402. The molecule has 26 heavy (non-hydrogen) atoms. The van der Waals surface area contributed by atoms with Crippen LogP contribution in [0.1, 0.15) is 5.56 Å². The molecule has 0 aliphatic carbocycles. The zero-order valence-electron chi connectivity index (χ0n) is 14.6. The van der Waals surface area contributed by atoms with Gasteiger partial charge in [-0.05, 0) is 43.3 Å². The molecular formula is C18H21BrN2O4S. The first kappa shape index (κ1) is 20.4. The quantitative estimate of drug-likeness (QED) is 0.640. The number of carbonyl (C=O) groups is 1. The number of ether oxygens (including phenoxy) is 1. The highest BCUT2D eigenvalue weighted by atomic mass is 79.9. The molecule has 0 bridgehead atoms. The van der Waals surface area contributed by atoms with Gasteiger partial charge in [0, 0.05) is 18.1 Å². The van der Waals surface area contributed by atoms with Gasteiger partial charge in [0.15, 0.2) is 0 Å². The second-order valence-electron chi connectivity index (χ2n) is 5.64. The van der Waals surface area contributed by atoms with E-state index < -0.39 is 15.9 Å². The van der Waals surface area contributed by atoms with Crippen molar-refractivity contribution in [1.29, 1.82) is 0 Å². The molecule has 0 radical (unpaired) electrons. The normalized spacial score (nSPS) is 11.2. The molecule has 8 heteroatoms. The van der Waals surface area contributed by atoms with E-state index >= 15 is 0 Å². The molecule has 2 aromatic carbocycles. The molecule has 2 rings (SSSR count). The molecule has 2 aromatic rings. The Morgan fingerprint density at radius 2 is 1.73 bits per heavy atom. The summed E-state index contributed by atoms with van der Waals surface area (Å²) in [5, 5.41) is 2.65. The molecule has 0 aromatic heterocycles. The van der Waals surface area contributed by atoms with Gasteiger partial charge in [-0.2, -0.15) is 0 Å². The van der Waals surface area contributed by atoms with Crippen LogP contribution >= 0.6 is 15.9 Å². The van der Waals surface area contributed by atoms with E-state index in [-0.39, 0.29) is 11.4 Å². The first-order valence-corrected chi connectivity index (χ1v) is 10.2. The van der Waals surface area contributed by atoms with Gasteiger partial charge in [-0.25, -0.2) is 8.42 Å². The van der Waals surface area contributed by atoms with Gasteiger partial charge >= 0.3 is 0 Å². The third kappa shape index (κ3) is 5.30. The summed E-state index contributed by atoms with van der Waals surface area (Å²) in [6, 6.07) is 13.3. The number of hydrogen-bond acceptors (Lipinski definition) is 4. The molecule has 0 heterocycles. The highest BCUT2D eigenvalue weighted by molar-refractivity contribution is 9.10. The molecule has 6 nitrogen and oxygen atoms in total. The number of nitrogens with one attached hydrogen (secondary N) is 1. The highest BCUT2D eigenvalue weighted by Crippen LogP contribution is 2.25. The SMILES string of the molecule is COCCNC(=O)CN(c1ccc(Br)cc1)S(=O)(=O)c1ccc(C)cc1. The van der Waals surface area contributed by atoms with Gasteiger partial charge < -0.3 is 10.1 Å². The molecule has 0 unspecified atom stereocenters. The number of hydrogen-bond donors (Lipinski definition) is 1. The molecule has 0 fully saturated rings. The number of sulfonamides is 1. The molecule has 0 spiro atoms. The third-order valence-corrected chi connectivity index (χ3v) is 5.96. The van der Waals surface area contributed by atoms with Gasteiger partial charge in [0.1, 0.15) is 6.54 Å². The van der Waals surface area contributed by atoms with Crippen LogP contribution in [0.4, 0.5) is 5.69 Å². The smallest absolute Gasteiger partial charge is 0.264 e. The molecule has 0 saturated heterocycles. The van der Waals surface area contributed by atoms with Crippen molar-refractivity contribution in [2.24, 2.45) is 0 Å². The monoisotopic (exact) mass is 440 g/mol. The lowest BCUT2D eigenvalue weighted by Gasteiger charge is -2.24. The van der Waals surface area contributed by atoms with Crippen LogP contribution in [0.3, 0.4) is 0 Å². The molecule has 0 atom stereocenters. The van der Waals surface area contributed by atoms with Crippen molar-refractivity contribution in [1.82, 2.24) is 5.32 Å². The Bertz CT molecular complexity index is 836. The summed E-state index contributed by atoms with van der Waals surface area (Å²) in [4.78, 5) is 12.4. The number of carbonyl (C=O) groups excluding carboxylic acids is 1. The lowest BCUT2D eigenvalue weighted by Crippen LogP contribution is -2.41. The Morgan fingerprint density at radius 3 is 2.31 bits per heavy atom. The van der Waals surface area contributed by atoms with Crippen molar-refractivity contribution in [3.63, 3.8) is 0 Å². The largest absolute Gasteiger partial charge is 0.383 e. The Kier molecular flexibility index (Phi) is 7.19. The number of nitrogens with zero attached hydrogens (tertiary/aromatic N) is 1. The van der Waals surface area contributed by atoms with Gasteiger partial charge in [0.05, 0.1) is 17.2 Å². The van der Waals surface area contributed by atoms with Crippen LogP contribution in [0.5, 0.6) is 0 Å². The van der Waals surface area contributed by atoms with Crippen molar-refractivity contribution in [3.8, 4) is 0 Å². The van der Waals surface area contributed by atoms with Gasteiger partial charge in [0.25, 0.3) is 10.0 Å². The lowest BCUT2D eigenvalue weighted by molar-refractivity contribution is -0.119. The molecule has 1 N–H and O–H groups in total. The van der Waals surface area contributed by atoms with Crippen molar-refractivity contribution in [2.45, 2.75) is 11.8 Å². The van der Waals surface area contributed by atoms with Crippen LogP contribution in [-0.2, 0) is 19.6 Å². The number of halogens is 1. The Hall–Kier alpha value is -1.90. The van der Waals surface area contributed by atoms with E-state index in [4.69, 9.17) is 4.74 Å². The fraction of sp³-hybridized carbons (Fsp3) is 0.278. The Labute approximate surface area is 162 Å². The van der Waals surface area contributed by atoms with E-state index in [9.17, 15) is 13.2 Å². The molecule has 140 valence electrons. The van der Waals surface area contributed by atoms with E-state index in [0.29, 0.717) is 18.8 Å². The van der Waals surface area contributed by atoms with Crippen LogP contribution in [0, 0.1) is 6.92 Å². The molecule has 0 aliphatic heterocycles. The Morgan fingerprint density at radius 1 is 1.12 bits per heavy atom. The average molecular weight is 441 g/mol. The van der Waals surface area contributed by atoms with E-state index in [0.717, 1.165) is 14.3 Å². The zero-order chi connectivity index (χ0) is 19.2. The molecule has 1 amide bonds. The topological polar surface area (TPSA) is 75.7 Å². The summed E-state index contributed by atoms with van der Waals surface area (Å²) < 4.78 is 33.0. The first-order chi connectivity index (χ1) is 12.3. The minimum Gasteiger partial charge on any atom is -0.383 e. The van der Waals surface area contributed by atoms with Gasteiger partial charge in [-0.3, -0.25) is 9.10 Å². The van der Waals surface area contributed by atoms with E-state index in [1.54, 1.807) is 48.5 Å². The maximum atomic E-state index is 13.1. The zero-order valence-corrected chi connectivity index (χ0v) is 17.0. The van der Waals surface area contributed by atoms with Crippen molar-refractivity contribution in [2.75, 3.05) is 31.1 Å². The molecule has 0 aliphatic rings. The number of aryl methyl sites for hydroxylation is 1. The van der Waals surface area contributed by atoms with E-state index in [1.807, 2.05) is 6.92 Å². The van der Waals surface area contributed by atoms with Crippen molar-refractivity contribution >= 4 is 37.5 Å². The summed E-state index contributed by atoms with van der Waals surface area (Å²) in [6.45, 7) is 2.23. The van der Waals surface area contributed by atoms with Crippen LogP contribution in [-0.4, -0.2) is 41.1 Å². The number of anilines is 1. The predicted molar refractivity (Wildman–Crippen MR) is 105 cm³/mol. The highest BCUT2D eigenvalue weighted by Gasteiger charge is 2.27. The van der Waals surface area contributed by atoms with Crippen LogP contribution in [0.2, 0.25) is 0 Å².